The first kappa shape index (κ1) is 19.0. The van der Waals surface area contributed by atoms with Crippen LogP contribution in [-0.4, -0.2) is 0 Å². The number of hydrogen-bond acceptors (Lipinski definition) is 0. The Hall–Kier alpha value is 0. The van der Waals surface area contributed by atoms with Crippen LogP contribution in [0.3, 0.4) is 0 Å². The van der Waals surface area contributed by atoms with Crippen molar-refractivity contribution in [2.24, 2.45) is 11.8 Å². The zero-order valence-electron chi connectivity index (χ0n) is 14.2. The van der Waals surface area contributed by atoms with E-state index in [0.29, 0.717) is 0 Å². The minimum Gasteiger partial charge on any atom is -0.0654 e. The minimum absolute atomic E-state index is 0.831. The first-order valence-electron chi connectivity index (χ1n) is 9.09. The van der Waals surface area contributed by atoms with Crippen LogP contribution >= 0.6 is 0 Å². The van der Waals surface area contributed by atoms with Gasteiger partial charge in [0, 0.05) is 0 Å². The standard InChI is InChI=1S/C19H39/c1-5-8-10-12-13-15-18(4)17-19(7-3)16-14-11-9-6-2/h17-19H,5-16H2,1-4H3. The maximum absolute atomic E-state index is 2.66. The zero-order valence-corrected chi connectivity index (χ0v) is 14.2. The van der Waals surface area contributed by atoms with Gasteiger partial charge in [0.25, 0.3) is 0 Å². The molecule has 0 aromatic heterocycles. The molecule has 0 aliphatic heterocycles. The largest absolute Gasteiger partial charge is 0.0654 e. The Morgan fingerprint density at radius 2 is 1.21 bits per heavy atom. The van der Waals surface area contributed by atoms with Crippen molar-refractivity contribution < 1.29 is 0 Å². The predicted molar refractivity (Wildman–Crippen MR) is 89.4 cm³/mol. The van der Waals surface area contributed by atoms with Gasteiger partial charge in [-0.25, -0.2) is 0 Å². The van der Waals surface area contributed by atoms with Crippen LogP contribution in [0.2, 0.25) is 0 Å². The molecular formula is C19H39. The highest BCUT2D eigenvalue weighted by molar-refractivity contribution is 4.80. The summed E-state index contributed by atoms with van der Waals surface area (Å²) >= 11 is 0. The lowest BCUT2D eigenvalue weighted by atomic mass is 9.87. The maximum atomic E-state index is 2.66. The molecule has 0 aliphatic rings. The molecule has 0 saturated carbocycles. The van der Waals surface area contributed by atoms with E-state index < -0.39 is 0 Å². The van der Waals surface area contributed by atoms with Gasteiger partial charge in [0.15, 0.2) is 0 Å². The highest BCUT2D eigenvalue weighted by Gasteiger charge is 2.11. The Kier molecular flexibility index (Phi) is 14.4. The van der Waals surface area contributed by atoms with Crippen molar-refractivity contribution in [3.05, 3.63) is 6.42 Å². The van der Waals surface area contributed by atoms with E-state index in [1.165, 1.54) is 77.0 Å². The van der Waals surface area contributed by atoms with Gasteiger partial charge in [0.2, 0.25) is 0 Å². The molecule has 0 heterocycles. The van der Waals surface area contributed by atoms with Crippen LogP contribution in [0.1, 0.15) is 105 Å². The highest BCUT2D eigenvalue weighted by Crippen LogP contribution is 2.24. The first-order chi connectivity index (χ1) is 9.24. The second-order valence-corrected chi connectivity index (χ2v) is 6.39. The molecule has 0 bridgehead atoms. The molecule has 0 spiro atoms. The summed E-state index contributed by atoms with van der Waals surface area (Å²) in [7, 11) is 0. The van der Waals surface area contributed by atoms with Gasteiger partial charge in [-0.2, -0.15) is 0 Å². The summed E-state index contributed by atoms with van der Waals surface area (Å²) in [6.07, 6.45) is 19.6. The van der Waals surface area contributed by atoms with Crippen molar-refractivity contribution >= 4 is 0 Å². The number of rotatable bonds is 14. The topological polar surface area (TPSA) is 0 Å². The number of unbranched alkanes of at least 4 members (excludes halogenated alkanes) is 7. The molecule has 19 heavy (non-hydrogen) atoms. The fourth-order valence-corrected chi connectivity index (χ4v) is 2.90. The van der Waals surface area contributed by atoms with E-state index in [0.717, 1.165) is 11.8 Å². The van der Waals surface area contributed by atoms with Crippen LogP contribution in [0, 0.1) is 18.3 Å². The van der Waals surface area contributed by atoms with E-state index in [-0.39, 0.29) is 0 Å². The van der Waals surface area contributed by atoms with Gasteiger partial charge in [0.05, 0.1) is 0 Å². The molecule has 0 nitrogen and oxygen atoms in total. The third-order valence-corrected chi connectivity index (χ3v) is 4.32. The van der Waals surface area contributed by atoms with E-state index in [2.05, 4.69) is 34.1 Å². The van der Waals surface area contributed by atoms with Crippen molar-refractivity contribution in [1.82, 2.24) is 0 Å². The summed E-state index contributed by atoms with van der Waals surface area (Å²) < 4.78 is 0. The minimum atomic E-state index is 0.831. The molecule has 0 aromatic rings. The third kappa shape index (κ3) is 12.8. The monoisotopic (exact) mass is 267 g/mol. The molecule has 0 rings (SSSR count). The van der Waals surface area contributed by atoms with Crippen molar-refractivity contribution in [3.63, 3.8) is 0 Å². The smallest absolute Gasteiger partial charge is 0.0327 e. The van der Waals surface area contributed by atoms with Crippen LogP contribution in [0.25, 0.3) is 0 Å². The zero-order chi connectivity index (χ0) is 14.3. The molecule has 2 atom stereocenters. The molecule has 115 valence electrons. The molecule has 2 unspecified atom stereocenters. The highest BCUT2D eigenvalue weighted by atomic mass is 14.2. The molecule has 0 N–H and O–H groups in total. The van der Waals surface area contributed by atoms with Gasteiger partial charge in [-0.3, -0.25) is 0 Å². The van der Waals surface area contributed by atoms with Crippen LogP contribution in [0.5, 0.6) is 0 Å². The van der Waals surface area contributed by atoms with E-state index in [4.69, 9.17) is 0 Å². The molecule has 0 aromatic carbocycles. The van der Waals surface area contributed by atoms with Gasteiger partial charge in [-0.15, -0.1) is 0 Å². The maximum Gasteiger partial charge on any atom is -0.0327 e. The van der Waals surface area contributed by atoms with Crippen LogP contribution in [0.4, 0.5) is 0 Å². The lowest BCUT2D eigenvalue weighted by Crippen LogP contribution is -2.07. The Morgan fingerprint density at radius 1 is 0.684 bits per heavy atom. The second kappa shape index (κ2) is 14.4. The summed E-state index contributed by atoms with van der Waals surface area (Å²) in [6, 6.07) is 0. The molecule has 0 fully saturated rings. The van der Waals surface area contributed by atoms with E-state index in [9.17, 15) is 0 Å². The SMILES string of the molecule is CCCCCCCC(C)[CH]C(CC)CCCCCC. The summed E-state index contributed by atoms with van der Waals surface area (Å²) in [4.78, 5) is 0. The molecule has 1 radical (unpaired) electrons. The molecule has 0 aliphatic carbocycles. The Balaban J connectivity index is 3.54. The summed E-state index contributed by atoms with van der Waals surface area (Å²) in [5.41, 5.74) is 0. The van der Waals surface area contributed by atoms with E-state index in [1.54, 1.807) is 0 Å². The lowest BCUT2D eigenvalue weighted by Gasteiger charge is -2.19. The molecular weight excluding hydrogens is 228 g/mol. The van der Waals surface area contributed by atoms with Crippen molar-refractivity contribution in [1.29, 1.82) is 0 Å². The quantitative estimate of drug-likeness (QED) is 0.292. The van der Waals surface area contributed by atoms with Crippen molar-refractivity contribution in [2.45, 2.75) is 105 Å². The molecule has 0 amide bonds. The Morgan fingerprint density at radius 3 is 1.79 bits per heavy atom. The van der Waals surface area contributed by atoms with Crippen LogP contribution in [0.15, 0.2) is 0 Å². The Labute approximate surface area is 123 Å². The average molecular weight is 268 g/mol. The molecule has 0 heteroatoms. The molecule has 0 saturated heterocycles. The van der Waals surface area contributed by atoms with Gasteiger partial charge in [0.1, 0.15) is 0 Å². The van der Waals surface area contributed by atoms with Gasteiger partial charge in [-0.1, -0.05) is 105 Å². The summed E-state index contributed by atoms with van der Waals surface area (Å²) in [5.74, 6) is 1.71. The van der Waals surface area contributed by atoms with Crippen molar-refractivity contribution in [2.75, 3.05) is 0 Å². The predicted octanol–water partition coefficient (Wildman–Crippen LogP) is 7.18. The van der Waals surface area contributed by atoms with Crippen LogP contribution in [-0.2, 0) is 0 Å². The fraction of sp³-hybridized carbons (Fsp3) is 0.947. The van der Waals surface area contributed by atoms with Gasteiger partial charge >= 0.3 is 0 Å². The average Bonchev–Trinajstić information content (AvgIpc) is 2.42. The van der Waals surface area contributed by atoms with E-state index >= 15 is 0 Å². The second-order valence-electron chi connectivity index (χ2n) is 6.39. The van der Waals surface area contributed by atoms with Gasteiger partial charge < -0.3 is 0 Å². The fourth-order valence-electron chi connectivity index (χ4n) is 2.90. The lowest BCUT2D eigenvalue weighted by molar-refractivity contribution is 0.422. The van der Waals surface area contributed by atoms with Gasteiger partial charge in [-0.05, 0) is 18.3 Å². The van der Waals surface area contributed by atoms with E-state index in [1.807, 2.05) is 0 Å². The van der Waals surface area contributed by atoms with Crippen LogP contribution < -0.4 is 0 Å². The normalized spacial score (nSPS) is 14.5. The van der Waals surface area contributed by atoms with Crippen molar-refractivity contribution in [3.8, 4) is 0 Å². The third-order valence-electron chi connectivity index (χ3n) is 4.32. The first-order valence-corrected chi connectivity index (χ1v) is 9.09. The summed E-state index contributed by atoms with van der Waals surface area (Å²) in [6.45, 7) is 9.37. The summed E-state index contributed by atoms with van der Waals surface area (Å²) in [5, 5.41) is 0. The Bertz CT molecular complexity index is 161. The number of hydrogen-bond donors (Lipinski definition) is 0.